The summed E-state index contributed by atoms with van der Waals surface area (Å²) in [5, 5.41) is 3.13. The fourth-order valence-electron chi connectivity index (χ4n) is 3.10. The highest BCUT2D eigenvalue weighted by molar-refractivity contribution is 5.78. The third-order valence-corrected chi connectivity index (χ3v) is 4.69. The van der Waals surface area contributed by atoms with Gasteiger partial charge in [0, 0.05) is 12.6 Å². The van der Waals surface area contributed by atoms with E-state index >= 15 is 0 Å². The Morgan fingerprint density at radius 2 is 2.05 bits per heavy atom. The molecule has 1 amide bonds. The maximum absolute atomic E-state index is 12.1. The van der Waals surface area contributed by atoms with Crippen LogP contribution in [0.1, 0.15) is 53.4 Å². The SMILES string of the molecule is CC(C)CCCC(C)NC(=O)CN1CCC(C)C(CN)C1. The van der Waals surface area contributed by atoms with Gasteiger partial charge in [-0.1, -0.05) is 33.6 Å². The lowest BCUT2D eigenvalue weighted by Crippen LogP contribution is -2.47. The van der Waals surface area contributed by atoms with Gasteiger partial charge in [-0.25, -0.2) is 0 Å². The van der Waals surface area contributed by atoms with Crippen molar-refractivity contribution in [1.29, 1.82) is 0 Å². The molecule has 0 aromatic heterocycles. The van der Waals surface area contributed by atoms with Crippen molar-refractivity contribution in [2.24, 2.45) is 23.5 Å². The molecule has 0 bridgehead atoms. The first kappa shape index (κ1) is 18.4. The second-order valence-corrected chi connectivity index (χ2v) is 7.29. The minimum absolute atomic E-state index is 0.164. The molecule has 0 aromatic rings. The number of carbonyl (C=O) groups excluding carboxylic acids is 1. The second-order valence-electron chi connectivity index (χ2n) is 7.29. The number of hydrogen-bond donors (Lipinski definition) is 2. The van der Waals surface area contributed by atoms with Gasteiger partial charge in [-0.05, 0) is 50.6 Å². The summed E-state index contributed by atoms with van der Waals surface area (Å²) in [6.45, 7) is 12.1. The maximum Gasteiger partial charge on any atom is 0.234 e. The first-order chi connectivity index (χ1) is 9.92. The van der Waals surface area contributed by atoms with Crippen molar-refractivity contribution in [3.05, 3.63) is 0 Å². The first-order valence-electron chi connectivity index (χ1n) is 8.64. The summed E-state index contributed by atoms with van der Waals surface area (Å²) in [6.07, 6.45) is 4.66. The van der Waals surface area contributed by atoms with Gasteiger partial charge in [0.25, 0.3) is 0 Å². The van der Waals surface area contributed by atoms with Crippen LogP contribution >= 0.6 is 0 Å². The minimum Gasteiger partial charge on any atom is -0.353 e. The van der Waals surface area contributed by atoms with E-state index in [0.717, 1.165) is 38.4 Å². The summed E-state index contributed by atoms with van der Waals surface area (Å²) >= 11 is 0. The monoisotopic (exact) mass is 297 g/mol. The standard InChI is InChI=1S/C17H35N3O/c1-13(2)6-5-7-15(4)19-17(21)12-20-9-8-14(3)16(10-18)11-20/h13-16H,5-12,18H2,1-4H3,(H,19,21). The van der Waals surface area contributed by atoms with Crippen molar-refractivity contribution in [1.82, 2.24) is 10.2 Å². The molecule has 3 atom stereocenters. The van der Waals surface area contributed by atoms with Crippen LogP contribution in [0.15, 0.2) is 0 Å². The van der Waals surface area contributed by atoms with Crippen LogP contribution in [0.25, 0.3) is 0 Å². The Labute approximate surface area is 130 Å². The zero-order chi connectivity index (χ0) is 15.8. The maximum atomic E-state index is 12.1. The Bertz CT molecular complexity index is 306. The van der Waals surface area contributed by atoms with E-state index in [-0.39, 0.29) is 11.9 Å². The van der Waals surface area contributed by atoms with Gasteiger partial charge < -0.3 is 11.1 Å². The predicted molar refractivity (Wildman–Crippen MR) is 89.1 cm³/mol. The normalized spacial score (nSPS) is 25.0. The molecule has 0 saturated carbocycles. The van der Waals surface area contributed by atoms with Crippen LogP contribution in [0.5, 0.6) is 0 Å². The Balaban J connectivity index is 2.23. The lowest BCUT2D eigenvalue weighted by molar-refractivity contribution is -0.123. The summed E-state index contributed by atoms with van der Waals surface area (Å²) in [4.78, 5) is 14.4. The van der Waals surface area contributed by atoms with Crippen molar-refractivity contribution in [3.8, 4) is 0 Å². The van der Waals surface area contributed by atoms with Crippen LogP contribution in [0, 0.1) is 17.8 Å². The molecule has 0 radical (unpaired) electrons. The topological polar surface area (TPSA) is 58.4 Å². The molecule has 1 saturated heterocycles. The van der Waals surface area contributed by atoms with Gasteiger partial charge in [-0.2, -0.15) is 0 Å². The molecule has 1 rings (SSSR count). The molecule has 3 N–H and O–H groups in total. The molecule has 1 heterocycles. The largest absolute Gasteiger partial charge is 0.353 e. The quantitative estimate of drug-likeness (QED) is 0.722. The summed E-state index contributed by atoms with van der Waals surface area (Å²) < 4.78 is 0. The number of nitrogens with one attached hydrogen (secondary N) is 1. The third-order valence-electron chi connectivity index (χ3n) is 4.69. The van der Waals surface area contributed by atoms with E-state index in [1.807, 2.05) is 0 Å². The number of nitrogens with two attached hydrogens (primary N) is 1. The molecule has 124 valence electrons. The number of nitrogens with zero attached hydrogens (tertiary/aromatic N) is 1. The van der Waals surface area contributed by atoms with Gasteiger partial charge in [0.15, 0.2) is 0 Å². The van der Waals surface area contributed by atoms with Crippen LogP contribution in [0.4, 0.5) is 0 Å². The second kappa shape index (κ2) is 9.42. The molecule has 1 aliphatic rings. The van der Waals surface area contributed by atoms with E-state index in [4.69, 9.17) is 5.73 Å². The molecule has 4 nitrogen and oxygen atoms in total. The van der Waals surface area contributed by atoms with Crippen molar-refractivity contribution >= 4 is 5.91 Å². The highest BCUT2D eigenvalue weighted by Crippen LogP contribution is 2.21. The highest BCUT2D eigenvalue weighted by atomic mass is 16.2. The zero-order valence-corrected chi connectivity index (χ0v) is 14.4. The van der Waals surface area contributed by atoms with Gasteiger partial charge in [0.05, 0.1) is 6.54 Å². The molecule has 21 heavy (non-hydrogen) atoms. The number of hydrogen-bond acceptors (Lipinski definition) is 3. The summed E-state index contributed by atoms with van der Waals surface area (Å²) in [7, 11) is 0. The molecule has 0 aromatic carbocycles. The highest BCUT2D eigenvalue weighted by Gasteiger charge is 2.26. The predicted octanol–water partition coefficient (Wildman–Crippen LogP) is 2.23. The lowest BCUT2D eigenvalue weighted by atomic mass is 9.87. The minimum atomic E-state index is 0.164. The van der Waals surface area contributed by atoms with E-state index in [1.165, 1.54) is 12.8 Å². The van der Waals surface area contributed by atoms with Gasteiger partial charge in [-0.15, -0.1) is 0 Å². The van der Waals surface area contributed by atoms with E-state index in [0.29, 0.717) is 18.4 Å². The number of carbonyl (C=O) groups is 1. The third kappa shape index (κ3) is 7.28. The molecule has 4 heteroatoms. The van der Waals surface area contributed by atoms with Crippen molar-refractivity contribution in [2.45, 2.75) is 59.4 Å². The van der Waals surface area contributed by atoms with Crippen molar-refractivity contribution in [3.63, 3.8) is 0 Å². The zero-order valence-electron chi connectivity index (χ0n) is 14.4. The molecular formula is C17H35N3O. The Morgan fingerprint density at radius 1 is 1.33 bits per heavy atom. The van der Waals surface area contributed by atoms with Crippen LogP contribution < -0.4 is 11.1 Å². The summed E-state index contributed by atoms with van der Waals surface area (Å²) in [6, 6.07) is 0.283. The smallest absolute Gasteiger partial charge is 0.234 e. The van der Waals surface area contributed by atoms with Gasteiger partial charge in [0.2, 0.25) is 5.91 Å². The van der Waals surface area contributed by atoms with Gasteiger partial charge in [-0.3, -0.25) is 9.69 Å². The van der Waals surface area contributed by atoms with Crippen molar-refractivity contribution < 1.29 is 4.79 Å². The lowest BCUT2D eigenvalue weighted by Gasteiger charge is -2.36. The number of likely N-dealkylation sites (tertiary alicyclic amines) is 1. The fourth-order valence-corrected chi connectivity index (χ4v) is 3.10. The fraction of sp³-hybridized carbons (Fsp3) is 0.941. The van der Waals surface area contributed by atoms with Gasteiger partial charge >= 0.3 is 0 Å². The van der Waals surface area contributed by atoms with Gasteiger partial charge in [0.1, 0.15) is 0 Å². The average Bonchev–Trinajstić information content (AvgIpc) is 2.40. The first-order valence-corrected chi connectivity index (χ1v) is 8.64. The average molecular weight is 297 g/mol. The van der Waals surface area contributed by atoms with Crippen LogP contribution in [-0.2, 0) is 4.79 Å². The summed E-state index contributed by atoms with van der Waals surface area (Å²) in [5.41, 5.74) is 5.82. The summed E-state index contributed by atoms with van der Waals surface area (Å²) in [5.74, 6) is 2.13. The van der Waals surface area contributed by atoms with Crippen LogP contribution in [0.3, 0.4) is 0 Å². The molecule has 3 unspecified atom stereocenters. The number of rotatable bonds is 8. The Morgan fingerprint density at radius 3 is 2.67 bits per heavy atom. The van der Waals surface area contributed by atoms with Crippen LogP contribution in [-0.4, -0.2) is 43.0 Å². The molecule has 0 spiro atoms. The Kier molecular flexibility index (Phi) is 8.27. The number of amides is 1. The van der Waals surface area contributed by atoms with Crippen LogP contribution in [0.2, 0.25) is 0 Å². The van der Waals surface area contributed by atoms with E-state index in [9.17, 15) is 4.79 Å². The Hall–Kier alpha value is -0.610. The van der Waals surface area contributed by atoms with E-state index in [2.05, 4.69) is 37.9 Å². The van der Waals surface area contributed by atoms with Crippen molar-refractivity contribution in [2.75, 3.05) is 26.2 Å². The molecular weight excluding hydrogens is 262 g/mol. The molecule has 1 fully saturated rings. The molecule has 0 aliphatic carbocycles. The van der Waals surface area contributed by atoms with E-state index < -0.39 is 0 Å². The molecule has 1 aliphatic heterocycles. The number of piperidine rings is 1. The van der Waals surface area contributed by atoms with E-state index in [1.54, 1.807) is 0 Å².